The van der Waals surface area contributed by atoms with Gasteiger partial charge in [0.25, 0.3) is 0 Å². The Bertz CT molecular complexity index is 738. The third-order valence-corrected chi connectivity index (χ3v) is 5.84. The molecule has 0 aliphatic carbocycles. The van der Waals surface area contributed by atoms with E-state index < -0.39 is 27.9 Å². The van der Waals surface area contributed by atoms with Gasteiger partial charge in [0.05, 0.1) is 12.2 Å². The lowest BCUT2D eigenvalue weighted by Gasteiger charge is -2.20. The second kappa shape index (κ2) is 7.67. The largest absolute Gasteiger partial charge is 0.490 e. The maximum Gasteiger partial charge on any atom is 0.246 e. The number of aliphatic hydroxyl groups is 1. The Kier molecular flexibility index (Phi) is 6.02. The third-order valence-electron chi connectivity index (χ3n) is 3.99. The number of halogens is 1. The lowest BCUT2D eigenvalue weighted by molar-refractivity contribution is -0.122. The predicted molar refractivity (Wildman–Crippen MR) is 89.1 cm³/mol. The van der Waals surface area contributed by atoms with E-state index in [4.69, 9.17) is 4.74 Å². The van der Waals surface area contributed by atoms with Crippen molar-refractivity contribution in [3.63, 3.8) is 0 Å². The minimum atomic E-state index is -4.07. The van der Waals surface area contributed by atoms with Crippen LogP contribution < -0.4 is 10.1 Å². The van der Waals surface area contributed by atoms with Crippen molar-refractivity contribution >= 4 is 15.9 Å². The van der Waals surface area contributed by atoms with E-state index in [-0.39, 0.29) is 42.2 Å². The molecule has 0 spiro atoms. The second-order valence-corrected chi connectivity index (χ2v) is 8.19. The minimum Gasteiger partial charge on any atom is -0.490 e. The fraction of sp³-hybridized carbons (Fsp3) is 0.562. The molecule has 1 aromatic carbocycles. The van der Waals surface area contributed by atoms with E-state index in [1.807, 2.05) is 0 Å². The quantitative estimate of drug-likeness (QED) is 0.765. The van der Waals surface area contributed by atoms with Crippen molar-refractivity contribution < 1.29 is 27.4 Å². The molecule has 1 amide bonds. The molecule has 7 nitrogen and oxygen atoms in total. The summed E-state index contributed by atoms with van der Waals surface area (Å²) in [5.41, 5.74) is 0. The topological polar surface area (TPSA) is 95.9 Å². The maximum atomic E-state index is 13.6. The number of β-amino-alcohol motifs (C(OH)–C–C–N with tert-alkyl or cyclic N) is 1. The van der Waals surface area contributed by atoms with Gasteiger partial charge < -0.3 is 15.2 Å². The van der Waals surface area contributed by atoms with Crippen molar-refractivity contribution in [3.05, 3.63) is 24.0 Å². The van der Waals surface area contributed by atoms with Crippen LogP contribution in [0.25, 0.3) is 0 Å². The van der Waals surface area contributed by atoms with Crippen LogP contribution in [-0.4, -0.2) is 56.1 Å². The monoisotopic (exact) mass is 374 g/mol. The number of hydrogen-bond acceptors (Lipinski definition) is 5. The number of amides is 1. The van der Waals surface area contributed by atoms with Crippen LogP contribution in [0, 0.1) is 11.7 Å². The molecular formula is C16H23FN2O5S. The molecule has 0 saturated carbocycles. The Labute approximate surface area is 146 Å². The van der Waals surface area contributed by atoms with E-state index in [1.54, 1.807) is 13.8 Å². The van der Waals surface area contributed by atoms with Crippen LogP contribution in [0.4, 0.5) is 4.39 Å². The first-order valence-corrected chi connectivity index (χ1v) is 9.44. The molecule has 0 aromatic heterocycles. The molecule has 140 valence electrons. The van der Waals surface area contributed by atoms with E-state index in [2.05, 4.69) is 5.32 Å². The Hall–Kier alpha value is -1.71. The van der Waals surface area contributed by atoms with Gasteiger partial charge in [-0.25, -0.2) is 12.8 Å². The summed E-state index contributed by atoms with van der Waals surface area (Å²) >= 11 is 0. The first kappa shape index (κ1) is 19.6. The molecule has 0 bridgehead atoms. The number of benzene rings is 1. The molecule has 1 aliphatic heterocycles. The SMILES string of the molecule is CNC(=O)C[C@@H]1CN(S(=O)(=O)c2cc(F)ccc2OC(C)C)C[C@H]1O. The average Bonchev–Trinajstić information content (AvgIpc) is 2.90. The van der Waals surface area contributed by atoms with Crippen molar-refractivity contribution in [2.45, 2.75) is 37.4 Å². The number of nitrogens with zero attached hydrogens (tertiary/aromatic N) is 1. The number of nitrogens with one attached hydrogen (secondary N) is 1. The number of hydrogen-bond donors (Lipinski definition) is 2. The fourth-order valence-electron chi connectivity index (χ4n) is 2.73. The average molecular weight is 374 g/mol. The summed E-state index contributed by atoms with van der Waals surface area (Å²) in [5, 5.41) is 12.5. The number of carbonyl (C=O) groups is 1. The molecule has 1 aromatic rings. The van der Waals surface area contributed by atoms with Gasteiger partial charge in [-0.05, 0) is 32.0 Å². The van der Waals surface area contributed by atoms with Gasteiger partial charge >= 0.3 is 0 Å². The maximum absolute atomic E-state index is 13.6. The zero-order valence-corrected chi connectivity index (χ0v) is 15.2. The number of rotatable bonds is 6. The van der Waals surface area contributed by atoms with Crippen LogP contribution in [0.1, 0.15) is 20.3 Å². The summed E-state index contributed by atoms with van der Waals surface area (Å²) in [6.45, 7) is 3.30. The molecule has 1 aliphatic rings. The highest BCUT2D eigenvalue weighted by molar-refractivity contribution is 7.89. The standard InChI is InChI=1S/C16H23FN2O5S/c1-10(2)24-14-5-4-12(17)7-15(14)25(22,23)19-8-11(13(20)9-19)6-16(21)18-3/h4-5,7,10-11,13,20H,6,8-9H2,1-3H3,(H,18,21)/t11-,13-/m1/s1. The molecular weight excluding hydrogens is 351 g/mol. The molecule has 1 fully saturated rings. The molecule has 1 saturated heterocycles. The van der Waals surface area contributed by atoms with E-state index in [9.17, 15) is 22.7 Å². The number of carbonyl (C=O) groups excluding carboxylic acids is 1. The zero-order chi connectivity index (χ0) is 18.8. The van der Waals surface area contributed by atoms with Crippen molar-refractivity contribution in [2.24, 2.45) is 5.92 Å². The van der Waals surface area contributed by atoms with Gasteiger partial charge in [-0.3, -0.25) is 4.79 Å². The predicted octanol–water partition coefficient (Wildman–Crippen LogP) is 0.730. The van der Waals surface area contributed by atoms with Crippen molar-refractivity contribution in [1.82, 2.24) is 9.62 Å². The van der Waals surface area contributed by atoms with E-state index >= 15 is 0 Å². The van der Waals surface area contributed by atoms with Gasteiger partial charge in [-0.15, -0.1) is 0 Å². The van der Waals surface area contributed by atoms with Gasteiger partial charge in [0, 0.05) is 32.5 Å². The first-order valence-electron chi connectivity index (χ1n) is 8.00. The smallest absolute Gasteiger partial charge is 0.246 e. The molecule has 0 unspecified atom stereocenters. The summed E-state index contributed by atoms with van der Waals surface area (Å²) in [7, 11) is -2.60. The van der Waals surface area contributed by atoms with Gasteiger partial charge in [0.15, 0.2) is 0 Å². The Balaban J connectivity index is 2.30. The Morgan fingerprint density at radius 3 is 2.72 bits per heavy atom. The van der Waals surface area contributed by atoms with E-state index in [0.29, 0.717) is 0 Å². The minimum absolute atomic E-state index is 0.0161. The lowest BCUT2D eigenvalue weighted by Crippen LogP contribution is -2.30. The molecule has 2 N–H and O–H groups in total. The molecule has 0 radical (unpaired) electrons. The summed E-state index contributed by atoms with van der Waals surface area (Å²) in [5.74, 6) is -1.44. The lowest BCUT2D eigenvalue weighted by atomic mass is 10.0. The molecule has 2 rings (SSSR count). The van der Waals surface area contributed by atoms with Crippen LogP contribution in [-0.2, 0) is 14.8 Å². The Morgan fingerprint density at radius 2 is 2.12 bits per heavy atom. The van der Waals surface area contributed by atoms with Crippen LogP contribution in [0.3, 0.4) is 0 Å². The normalized spacial score (nSPS) is 21.5. The van der Waals surface area contributed by atoms with Crippen molar-refractivity contribution in [3.8, 4) is 5.75 Å². The van der Waals surface area contributed by atoms with Gasteiger partial charge in [-0.1, -0.05) is 0 Å². The van der Waals surface area contributed by atoms with Crippen LogP contribution >= 0.6 is 0 Å². The molecule has 1 heterocycles. The van der Waals surface area contributed by atoms with Gasteiger partial charge in [0.2, 0.25) is 15.9 Å². The van der Waals surface area contributed by atoms with Crippen LogP contribution in [0.2, 0.25) is 0 Å². The molecule has 2 atom stereocenters. The zero-order valence-electron chi connectivity index (χ0n) is 14.4. The Morgan fingerprint density at radius 1 is 1.44 bits per heavy atom. The highest BCUT2D eigenvalue weighted by Gasteiger charge is 2.40. The fourth-order valence-corrected chi connectivity index (χ4v) is 4.37. The van der Waals surface area contributed by atoms with Gasteiger partial charge in [0.1, 0.15) is 16.5 Å². The second-order valence-electron chi connectivity index (χ2n) is 6.28. The number of sulfonamides is 1. The van der Waals surface area contributed by atoms with Crippen LogP contribution in [0.5, 0.6) is 5.75 Å². The summed E-state index contributed by atoms with van der Waals surface area (Å²) < 4.78 is 46.0. The summed E-state index contributed by atoms with van der Waals surface area (Å²) in [4.78, 5) is 11.2. The highest BCUT2D eigenvalue weighted by Crippen LogP contribution is 2.32. The summed E-state index contributed by atoms with van der Waals surface area (Å²) in [6.07, 6.45) is -1.23. The third kappa shape index (κ3) is 4.47. The summed E-state index contributed by atoms with van der Waals surface area (Å²) in [6, 6.07) is 3.31. The first-order chi connectivity index (χ1) is 11.6. The highest BCUT2D eigenvalue weighted by atomic mass is 32.2. The van der Waals surface area contributed by atoms with Crippen molar-refractivity contribution in [1.29, 1.82) is 0 Å². The van der Waals surface area contributed by atoms with E-state index in [0.717, 1.165) is 16.4 Å². The van der Waals surface area contributed by atoms with E-state index in [1.165, 1.54) is 13.1 Å². The van der Waals surface area contributed by atoms with Crippen molar-refractivity contribution in [2.75, 3.05) is 20.1 Å². The number of ether oxygens (including phenoxy) is 1. The molecule has 25 heavy (non-hydrogen) atoms. The number of aliphatic hydroxyl groups excluding tert-OH is 1. The van der Waals surface area contributed by atoms with Crippen LogP contribution in [0.15, 0.2) is 23.1 Å². The van der Waals surface area contributed by atoms with Gasteiger partial charge in [-0.2, -0.15) is 4.31 Å². The molecule has 9 heteroatoms.